The van der Waals surface area contributed by atoms with Gasteiger partial charge >= 0.3 is 0 Å². The molecule has 1 aromatic rings. The molecule has 25 heavy (non-hydrogen) atoms. The number of hydrogen-bond acceptors (Lipinski definition) is 6. The molecular formula is C17H23N5O3. The summed E-state index contributed by atoms with van der Waals surface area (Å²) in [5.74, 6) is 0.491. The number of nitrogens with zero attached hydrogens (tertiary/aromatic N) is 3. The molecule has 0 radical (unpaired) electrons. The number of ether oxygens (including phenoxy) is 1. The molecule has 1 fully saturated rings. The summed E-state index contributed by atoms with van der Waals surface area (Å²) in [6, 6.07) is 4.01. The molecule has 0 unspecified atom stereocenters. The summed E-state index contributed by atoms with van der Waals surface area (Å²) in [6.07, 6.45) is 5.78. The molecule has 1 aliphatic rings. The largest absolute Gasteiger partial charge is 0.377 e. The molecule has 8 nitrogen and oxygen atoms in total. The fourth-order valence-corrected chi connectivity index (χ4v) is 2.14. The van der Waals surface area contributed by atoms with Gasteiger partial charge in [-0.05, 0) is 32.1 Å². The van der Waals surface area contributed by atoms with E-state index in [0.717, 1.165) is 16.4 Å². The van der Waals surface area contributed by atoms with Crippen LogP contribution in [0.1, 0.15) is 19.4 Å². The molecule has 1 aromatic heterocycles. The Balaban J connectivity index is 2.11. The molecule has 0 aliphatic carbocycles. The van der Waals surface area contributed by atoms with Crippen LogP contribution in [0.5, 0.6) is 0 Å². The zero-order valence-electron chi connectivity index (χ0n) is 14.4. The van der Waals surface area contributed by atoms with Gasteiger partial charge in [0.05, 0.1) is 25.0 Å². The molecule has 0 spiro atoms. The van der Waals surface area contributed by atoms with Gasteiger partial charge in [0, 0.05) is 18.3 Å². The number of allylic oxidation sites excluding steroid dienone is 2. The number of amides is 2. The van der Waals surface area contributed by atoms with Crippen molar-refractivity contribution in [1.82, 2.24) is 15.3 Å². The van der Waals surface area contributed by atoms with E-state index in [-0.39, 0.29) is 12.5 Å². The van der Waals surface area contributed by atoms with Crippen molar-refractivity contribution in [1.29, 1.82) is 0 Å². The highest BCUT2D eigenvalue weighted by atomic mass is 16.5. The highest BCUT2D eigenvalue weighted by molar-refractivity contribution is 6.08. The highest BCUT2D eigenvalue weighted by Crippen LogP contribution is 2.12. The number of hydrogen-bond donors (Lipinski definition) is 2. The number of anilines is 1. The first-order chi connectivity index (χ1) is 12.2. The zero-order valence-corrected chi connectivity index (χ0v) is 14.4. The summed E-state index contributed by atoms with van der Waals surface area (Å²) in [5.41, 5.74) is 1.29. The van der Waals surface area contributed by atoms with E-state index in [2.05, 4.69) is 20.7 Å². The van der Waals surface area contributed by atoms with Crippen molar-refractivity contribution in [3.05, 3.63) is 36.0 Å². The molecule has 0 bridgehead atoms. The van der Waals surface area contributed by atoms with Crippen LogP contribution in [-0.4, -0.2) is 60.4 Å². The van der Waals surface area contributed by atoms with E-state index in [0.29, 0.717) is 37.9 Å². The van der Waals surface area contributed by atoms with Crippen LogP contribution in [0.15, 0.2) is 35.6 Å². The third-order valence-corrected chi connectivity index (χ3v) is 3.41. The monoisotopic (exact) mass is 345 g/mol. The number of nitrogens with one attached hydrogen (secondary N) is 2. The fourth-order valence-electron chi connectivity index (χ4n) is 2.14. The molecule has 2 N–H and O–H groups in total. The van der Waals surface area contributed by atoms with Crippen molar-refractivity contribution in [2.24, 2.45) is 5.10 Å². The maximum Gasteiger partial charge on any atom is 0.241 e. The van der Waals surface area contributed by atoms with Crippen LogP contribution in [-0.2, 0) is 14.3 Å². The van der Waals surface area contributed by atoms with Crippen molar-refractivity contribution in [2.75, 3.05) is 31.6 Å². The van der Waals surface area contributed by atoms with Gasteiger partial charge in [-0.25, -0.2) is 9.99 Å². The smallest absolute Gasteiger partial charge is 0.241 e. The van der Waals surface area contributed by atoms with Crippen molar-refractivity contribution >= 4 is 23.8 Å². The molecule has 0 atom stereocenters. The second-order valence-corrected chi connectivity index (χ2v) is 5.45. The molecule has 8 heteroatoms. The van der Waals surface area contributed by atoms with Crippen molar-refractivity contribution < 1.29 is 14.3 Å². The average Bonchev–Trinajstić information content (AvgIpc) is 2.57. The van der Waals surface area contributed by atoms with Gasteiger partial charge in [0.15, 0.2) is 0 Å². The van der Waals surface area contributed by atoms with E-state index in [1.807, 2.05) is 32.1 Å². The van der Waals surface area contributed by atoms with Gasteiger partial charge in [-0.15, -0.1) is 0 Å². The summed E-state index contributed by atoms with van der Waals surface area (Å²) in [4.78, 5) is 27.2. The predicted octanol–water partition coefficient (Wildman–Crippen LogP) is 0.767. The van der Waals surface area contributed by atoms with E-state index in [4.69, 9.17) is 4.74 Å². The van der Waals surface area contributed by atoms with Gasteiger partial charge in [0.1, 0.15) is 12.4 Å². The minimum Gasteiger partial charge on any atom is -0.377 e. The maximum absolute atomic E-state index is 11.6. The normalized spacial score (nSPS) is 14.9. The Morgan fingerprint density at radius 3 is 2.80 bits per heavy atom. The number of carbonyl (C=O) groups excluding carboxylic acids is 2. The summed E-state index contributed by atoms with van der Waals surface area (Å²) in [7, 11) is 0. The van der Waals surface area contributed by atoms with Gasteiger partial charge < -0.3 is 15.4 Å². The van der Waals surface area contributed by atoms with Gasteiger partial charge in [-0.1, -0.05) is 6.08 Å². The third kappa shape index (κ3) is 5.68. The van der Waals surface area contributed by atoms with E-state index in [1.165, 1.54) is 0 Å². The van der Waals surface area contributed by atoms with Crippen molar-refractivity contribution in [3.63, 3.8) is 0 Å². The lowest BCUT2D eigenvalue weighted by atomic mass is 10.1. The summed E-state index contributed by atoms with van der Waals surface area (Å²) in [6.45, 7) is 5.40. The first kappa shape index (κ1) is 18.6. The minimum absolute atomic E-state index is 0.132. The Bertz CT molecular complexity index is 638. The maximum atomic E-state index is 11.6. The average molecular weight is 345 g/mol. The first-order valence-electron chi connectivity index (χ1n) is 8.17. The second kappa shape index (κ2) is 9.53. The zero-order chi connectivity index (χ0) is 18.1. The molecule has 0 aromatic carbocycles. The number of rotatable bonds is 9. The summed E-state index contributed by atoms with van der Waals surface area (Å²) < 4.78 is 5.12. The number of pyridine rings is 1. The lowest BCUT2D eigenvalue weighted by Crippen LogP contribution is -2.40. The van der Waals surface area contributed by atoms with E-state index >= 15 is 0 Å². The molecule has 0 saturated carbocycles. The minimum atomic E-state index is -0.265. The van der Waals surface area contributed by atoms with Crippen LogP contribution in [0.3, 0.4) is 0 Å². The Labute approximate surface area is 146 Å². The lowest BCUT2D eigenvalue weighted by molar-refractivity contribution is -0.127. The summed E-state index contributed by atoms with van der Waals surface area (Å²) in [5, 5.41) is 11.2. The van der Waals surface area contributed by atoms with Gasteiger partial charge in [-0.3, -0.25) is 9.59 Å². The van der Waals surface area contributed by atoms with Crippen LogP contribution in [0.4, 0.5) is 5.82 Å². The van der Waals surface area contributed by atoms with Gasteiger partial charge in [0.25, 0.3) is 0 Å². The molecule has 134 valence electrons. The van der Waals surface area contributed by atoms with Crippen LogP contribution in [0.25, 0.3) is 0 Å². The van der Waals surface area contributed by atoms with Crippen molar-refractivity contribution in [3.8, 4) is 0 Å². The molecule has 1 aliphatic heterocycles. The van der Waals surface area contributed by atoms with Gasteiger partial charge in [-0.2, -0.15) is 5.10 Å². The standard InChI is InChI=1S/C17H23N5O3/c1-3-5-15(21-22(12-23)9-17(24)18-4-2)13-6-7-16(19-8-13)20-14-10-25-11-14/h3,5-8,12,14H,4,9-11H2,1-2H3,(H,18,24)(H,19,20)/b5-3-,21-15+. The number of likely N-dealkylation sites (N-methyl/N-ethyl adjacent to an activating group) is 1. The van der Waals surface area contributed by atoms with Crippen molar-refractivity contribution in [2.45, 2.75) is 19.9 Å². The van der Waals surface area contributed by atoms with E-state index in [9.17, 15) is 9.59 Å². The van der Waals surface area contributed by atoms with Crippen LogP contribution >= 0.6 is 0 Å². The number of aromatic nitrogens is 1. The Morgan fingerprint density at radius 1 is 1.48 bits per heavy atom. The first-order valence-corrected chi connectivity index (χ1v) is 8.17. The molecule has 2 amide bonds. The Hall–Kier alpha value is -2.74. The van der Waals surface area contributed by atoms with E-state index < -0.39 is 0 Å². The fraction of sp³-hybridized carbons (Fsp3) is 0.412. The third-order valence-electron chi connectivity index (χ3n) is 3.41. The van der Waals surface area contributed by atoms with Gasteiger partial charge in [0.2, 0.25) is 12.3 Å². The quantitative estimate of drug-likeness (QED) is 0.391. The van der Waals surface area contributed by atoms with Crippen LogP contribution < -0.4 is 10.6 Å². The SMILES string of the molecule is C/C=C\C(=N/N(C=O)CC(=O)NCC)c1ccc(NC2COC2)nc1. The molecule has 2 rings (SSSR count). The number of hydrazone groups is 1. The Kier molecular flexibility index (Phi) is 7.09. The topological polar surface area (TPSA) is 95.9 Å². The number of carbonyl (C=O) groups is 2. The highest BCUT2D eigenvalue weighted by Gasteiger charge is 2.18. The summed E-state index contributed by atoms with van der Waals surface area (Å²) >= 11 is 0. The Morgan fingerprint density at radius 2 is 2.28 bits per heavy atom. The second-order valence-electron chi connectivity index (χ2n) is 5.45. The molecular weight excluding hydrogens is 322 g/mol. The molecule has 1 saturated heterocycles. The predicted molar refractivity (Wildman–Crippen MR) is 95.3 cm³/mol. The van der Waals surface area contributed by atoms with Crippen LogP contribution in [0.2, 0.25) is 0 Å². The van der Waals surface area contributed by atoms with E-state index in [1.54, 1.807) is 12.3 Å². The molecule has 2 heterocycles. The lowest BCUT2D eigenvalue weighted by Gasteiger charge is -2.27. The van der Waals surface area contributed by atoms with Crippen LogP contribution in [0, 0.1) is 0 Å².